The van der Waals surface area contributed by atoms with Crippen molar-refractivity contribution in [3.05, 3.63) is 106 Å². The summed E-state index contributed by atoms with van der Waals surface area (Å²) in [6, 6.07) is 20.1. The summed E-state index contributed by atoms with van der Waals surface area (Å²) in [4.78, 5) is 33.5. The Balaban J connectivity index is 1.84. The molecule has 6 heteroatoms. The average Bonchev–Trinajstić information content (AvgIpc) is 2.84. The smallest absolute Gasteiger partial charge is 0.266 e. The van der Waals surface area contributed by atoms with E-state index in [1.54, 1.807) is 47.4 Å². The van der Waals surface area contributed by atoms with Crippen molar-refractivity contribution in [1.82, 2.24) is 14.5 Å². The lowest BCUT2D eigenvalue weighted by atomic mass is 9.86. The summed E-state index contributed by atoms with van der Waals surface area (Å²) in [5.74, 6) is -0.407. The first-order valence-corrected chi connectivity index (χ1v) is 11.8. The van der Waals surface area contributed by atoms with Crippen LogP contribution in [-0.4, -0.2) is 26.9 Å². The van der Waals surface area contributed by atoms with Crippen molar-refractivity contribution in [2.75, 3.05) is 6.54 Å². The van der Waals surface area contributed by atoms with Crippen LogP contribution in [0.25, 0.3) is 16.6 Å². The van der Waals surface area contributed by atoms with Gasteiger partial charge < -0.3 is 4.90 Å². The maximum absolute atomic E-state index is 14.9. The predicted molar refractivity (Wildman–Crippen MR) is 138 cm³/mol. The molecule has 0 bridgehead atoms. The van der Waals surface area contributed by atoms with Gasteiger partial charge in [0.1, 0.15) is 11.6 Å². The van der Waals surface area contributed by atoms with Crippen LogP contribution in [0.3, 0.4) is 0 Å². The molecule has 4 aromatic rings. The lowest BCUT2D eigenvalue weighted by Crippen LogP contribution is -2.37. The Hall–Kier alpha value is -3.80. The Morgan fingerprint density at radius 3 is 2.26 bits per heavy atom. The lowest BCUT2D eigenvalue weighted by molar-refractivity contribution is 0.0693. The summed E-state index contributed by atoms with van der Waals surface area (Å²) in [5, 5.41) is 0.388. The van der Waals surface area contributed by atoms with Gasteiger partial charge in [0.05, 0.1) is 22.6 Å². The second-order valence-electron chi connectivity index (χ2n) is 9.67. The number of fused-ring (bicyclic) bond motifs is 1. The summed E-state index contributed by atoms with van der Waals surface area (Å²) < 4.78 is 16.2. The van der Waals surface area contributed by atoms with E-state index in [-0.39, 0.29) is 22.6 Å². The van der Waals surface area contributed by atoms with Gasteiger partial charge in [0.25, 0.3) is 11.5 Å². The fourth-order valence-electron chi connectivity index (χ4n) is 4.31. The van der Waals surface area contributed by atoms with E-state index >= 15 is 0 Å². The van der Waals surface area contributed by atoms with Crippen molar-refractivity contribution in [1.29, 1.82) is 0 Å². The van der Waals surface area contributed by atoms with E-state index in [2.05, 4.69) is 20.8 Å². The third-order valence-corrected chi connectivity index (χ3v) is 6.34. The predicted octanol–water partition coefficient (Wildman–Crippen LogP) is 6.05. The Kier molecular flexibility index (Phi) is 6.57. The number of nitrogens with zero attached hydrogens (tertiary/aromatic N) is 3. The quantitative estimate of drug-likeness (QED) is 0.356. The Morgan fingerprint density at radius 2 is 1.63 bits per heavy atom. The molecule has 0 fully saturated rings. The fraction of sp³-hybridized carbons (Fsp3) is 0.276. The molecule has 5 nitrogen and oxygen atoms in total. The number of amides is 1. The number of para-hydroxylation sites is 2. The zero-order valence-electron chi connectivity index (χ0n) is 20.7. The van der Waals surface area contributed by atoms with E-state index in [1.807, 2.05) is 38.1 Å². The van der Waals surface area contributed by atoms with Crippen LogP contribution >= 0.6 is 0 Å². The number of carbonyl (C=O) groups excluding carboxylic acids is 1. The topological polar surface area (TPSA) is 55.2 Å². The van der Waals surface area contributed by atoms with E-state index in [4.69, 9.17) is 4.98 Å². The molecule has 0 saturated carbocycles. The Morgan fingerprint density at radius 1 is 1.00 bits per heavy atom. The number of rotatable bonds is 5. The van der Waals surface area contributed by atoms with E-state index in [0.29, 0.717) is 28.8 Å². The van der Waals surface area contributed by atoms with Gasteiger partial charge in [-0.25, -0.2) is 9.37 Å². The van der Waals surface area contributed by atoms with Crippen molar-refractivity contribution in [2.24, 2.45) is 0 Å². The summed E-state index contributed by atoms with van der Waals surface area (Å²) in [6.45, 7) is 10.5. The molecule has 0 saturated heterocycles. The normalized spacial score (nSPS) is 12.5. The molecule has 1 atom stereocenters. The van der Waals surface area contributed by atoms with Gasteiger partial charge in [0, 0.05) is 12.1 Å². The largest absolute Gasteiger partial charge is 0.329 e. The summed E-state index contributed by atoms with van der Waals surface area (Å²) in [7, 11) is 0. The first-order valence-electron chi connectivity index (χ1n) is 11.8. The van der Waals surface area contributed by atoms with Gasteiger partial charge in [-0.05, 0) is 61.2 Å². The van der Waals surface area contributed by atoms with Crippen LogP contribution in [0, 0.1) is 5.82 Å². The van der Waals surface area contributed by atoms with Gasteiger partial charge in [0.2, 0.25) is 0 Å². The van der Waals surface area contributed by atoms with Gasteiger partial charge in [-0.3, -0.25) is 14.2 Å². The van der Waals surface area contributed by atoms with Crippen molar-refractivity contribution in [3.8, 4) is 5.69 Å². The zero-order chi connectivity index (χ0) is 25.3. The third-order valence-electron chi connectivity index (χ3n) is 6.34. The molecule has 4 rings (SSSR count). The van der Waals surface area contributed by atoms with E-state index in [1.165, 1.54) is 10.6 Å². The molecular formula is C29H30FN3O2. The van der Waals surface area contributed by atoms with Crippen molar-refractivity contribution in [3.63, 3.8) is 0 Å². The summed E-state index contributed by atoms with van der Waals surface area (Å²) >= 11 is 0. The van der Waals surface area contributed by atoms with Crippen LogP contribution in [0.1, 0.15) is 62.4 Å². The van der Waals surface area contributed by atoms with E-state index in [9.17, 15) is 14.0 Å². The molecule has 0 aliphatic rings. The molecule has 35 heavy (non-hydrogen) atoms. The third kappa shape index (κ3) is 4.61. The van der Waals surface area contributed by atoms with Crippen LogP contribution in [-0.2, 0) is 5.41 Å². The van der Waals surface area contributed by atoms with Crippen LogP contribution in [0.15, 0.2) is 77.6 Å². The molecule has 0 radical (unpaired) electrons. The minimum Gasteiger partial charge on any atom is -0.329 e. The monoisotopic (exact) mass is 471 g/mol. The molecule has 1 amide bonds. The van der Waals surface area contributed by atoms with Gasteiger partial charge in [-0.1, -0.05) is 57.2 Å². The van der Waals surface area contributed by atoms with Crippen LogP contribution < -0.4 is 5.56 Å². The number of aromatic nitrogens is 2. The summed E-state index contributed by atoms with van der Waals surface area (Å²) in [5.41, 5.74) is 1.90. The highest BCUT2D eigenvalue weighted by atomic mass is 19.1. The second kappa shape index (κ2) is 9.45. The molecule has 0 aliphatic carbocycles. The molecule has 0 aliphatic heterocycles. The van der Waals surface area contributed by atoms with Crippen molar-refractivity contribution < 1.29 is 9.18 Å². The SMILES string of the molecule is CCN(C(=O)c1ccc(C(C)(C)C)cc1)C(C)c1nc2ccccc2c(=O)n1-c1ccccc1F. The highest BCUT2D eigenvalue weighted by Crippen LogP contribution is 2.27. The molecular weight excluding hydrogens is 441 g/mol. The Bertz CT molecular complexity index is 1440. The van der Waals surface area contributed by atoms with Crippen molar-refractivity contribution in [2.45, 2.75) is 46.1 Å². The molecule has 3 aromatic carbocycles. The van der Waals surface area contributed by atoms with E-state index < -0.39 is 11.9 Å². The van der Waals surface area contributed by atoms with Gasteiger partial charge in [0.15, 0.2) is 0 Å². The van der Waals surface area contributed by atoms with Crippen LogP contribution in [0.2, 0.25) is 0 Å². The minimum atomic E-state index is -0.591. The van der Waals surface area contributed by atoms with Gasteiger partial charge in [-0.15, -0.1) is 0 Å². The number of hydrogen-bond donors (Lipinski definition) is 0. The highest BCUT2D eigenvalue weighted by molar-refractivity contribution is 5.94. The standard InChI is InChI=1S/C29H30FN3O2/c1-6-32(27(34)20-15-17-21(18-16-20)29(3,4)5)19(2)26-31-24-13-9-7-11-22(24)28(35)33(26)25-14-10-8-12-23(25)30/h7-19H,6H2,1-5H3. The maximum atomic E-state index is 14.9. The van der Waals surface area contributed by atoms with E-state index in [0.717, 1.165) is 5.56 Å². The number of benzene rings is 3. The molecule has 180 valence electrons. The first kappa shape index (κ1) is 24.3. The molecule has 0 N–H and O–H groups in total. The molecule has 1 aromatic heterocycles. The summed E-state index contributed by atoms with van der Waals surface area (Å²) in [6.07, 6.45) is 0. The Labute approximate surface area is 204 Å². The average molecular weight is 472 g/mol. The van der Waals surface area contributed by atoms with Gasteiger partial charge >= 0.3 is 0 Å². The number of hydrogen-bond acceptors (Lipinski definition) is 3. The molecule has 0 spiro atoms. The minimum absolute atomic E-state index is 0.0237. The van der Waals surface area contributed by atoms with Crippen LogP contribution in [0.5, 0.6) is 0 Å². The van der Waals surface area contributed by atoms with Crippen molar-refractivity contribution >= 4 is 16.8 Å². The molecule has 1 heterocycles. The fourth-order valence-corrected chi connectivity index (χ4v) is 4.31. The van der Waals surface area contributed by atoms with Gasteiger partial charge in [-0.2, -0.15) is 0 Å². The molecule has 1 unspecified atom stereocenters. The highest BCUT2D eigenvalue weighted by Gasteiger charge is 2.27. The second-order valence-corrected chi connectivity index (χ2v) is 9.67. The maximum Gasteiger partial charge on any atom is 0.266 e. The zero-order valence-corrected chi connectivity index (χ0v) is 20.7. The van der Waals surface area contributed by atoms with Crippen LogP contribution in [0.4, 0.5) is 4.39 Å². The first-order chi connectivity index (χ1) is 16.6. The number of halogens is 1. The lowest BCUT2D eigenvalue weighted by Gasteiger charge is -2.30. The number of carbonyl (C=O) groups is 1.